The molecule has 0 aliphatic rings. The van der Waals surface area contributed by atoms with Crippen molar-refractivity contribution in [3.05, 3.63) is 81.5 Å². The Balaban J connectivity index is 1.77. The number of hydrogen-bond donors (Lipinski definition) is 2. The number of H-pyrrole nitrogens is 1. The van der Waals surface area contributed by atoms with Crippen molar-refractivity contribution < 1.29 is 9.21 Å². The number of nitrogens with one attached hydrogen (secondary N) is 2. The Hall–Kier alpha value is -2.79. The second-order valence-electron chi connectivity index (χ2n) is 4.88. The van der Waals surface area contributed by atoms with E-state index in [-0.39, 0.29) is 12.1 Å². The highest BCUT2D eigenvalue weighted by Crippen LogP contribution is 2.18. The predicted molar refractivity (Wildman–Crippen MR) is 87.4 cm³/mol. The molecule has 0 spiro atoms. The average molecular weight is 329 g/mol. The summed E-state index contributed by atoms with van der Waals surface area (Å²) in [6, 6.07) is 13.7. The third-order valence-corrected chi connectivity index (χ3v) is 3.56. The maximum Gasteiger partial charge on any atom is 0.261 e. The van der Waals surface area contributed by atoms with Gasteiger partial charge in [-0.15, -0.1) is 0 Å². The first-order valence-corrected chi connectivity index (χ1v) is 7.31. The van der Waals surface area contributed by atoms with Gasteiger partial charge in [0.15, 0.2) is 0 Å². The van der Waals surface area contributed by atoms with Crippen LogP contribution in [0.5, 0.6) is 0 Å². The topological polar surface area (TPSA) is 75.1 Å². The number of carbonyl (C=O) groups is 1. The minimum atomic E-state index is -0.453. The van der Waals surface area contributed by atoms with Crippen molar-refractivity contribution in [1.29, 1.82) is 0 Å². The van der Waals surface area contributed by atoms with Gasteiger partial charge in [0.1, 0.15) is 11.3 Å². The number of furan rings is 1. The summed E-state index contributed by atoms with van der Waals surface area (Å²) in [5.74, 6) is 0.165. The van der Waals surface area contributed by atoms with Gasteiger partial charge in [-0.3, -0.25) is 9.59 Å². The lowest BCUT2D eigenvalue weighted by molar-refractivity contribution is 0.0946. The number of aromatic amines is 1. The number of halogens is 1. The van der Waals surface area contributed by atoms with Crippen LogP contribution in [0.1, 0.15) is 16.1 Å². The van der Waals surface area contributed by atoms with E-state index >= 15 is 0 Å². The van der Waals surface area contributed by atoms with Crippen LogP contribution in [0.2, 0.25) is 5.02 Å². The van der Waals surface area contributed by atoms with Gasteiger partial charge in [-0.1, -0.05) is 23.7 Å². The van der Waals surface area contributed by atoms with Gasteiger partial charge >= 0.3 is 0 Å². The van der Waals surface area contributed by atoms with E-state index in [2.05, 4.69) is 10.3 Å². The molecule has 2 heterocycles. The maximum absolute atomic E-state index is 12.1. The number of amides is 1. The second kappa shape index (κ2) is 6.54. The first-order chi connectivity index (χ1) is 11.1. The molecule has 3 aromatic rings. The number of carbonyl (C=O) groups excluding carboxylic acids is 1. The molecule has 116 valence electrons. The lowest BCUT2D eigenvalue weighted by Crippen LogP contribution is -2.29. The van der Waals surface area contributed by atoms with E-state index in [0.717, 1.165) is 5.56 Å². The molecule has 0 aliphatic heterocycles. The molecule has 0 saturated carbocycles. The van der Waals surface area contributed by atoms with Crippen LogP contribution in [0, 0.1) is 0 Å². The number of benzene rings is 1. The summed E-state index contributed by atoms with van der Waals surface area (Å²) in [7, 11) is 0. The molecule has 0 atom stereocenters. The van der Waals surface area contributed by atoms with E-state index in [1.54, 1.807) is 42.5 Å². The van der Waals surface area contributed by atoms with E-state index < -0.39 is 11.5 Å². The van der Waals surface area contributed by atoms with Crippen molar-refractivity contribution in [1.82, 2.24) is 10.3 Å². The molecule has 23 heavy (non-hydrogen) atoms. The third-order valence-electron chi connectivity index (χ3n) is 3.31. The van der Waals surface area contributed by atoms with Gasteiger partial charge in [0.25, 0.3) is 11.5 Å². The van der Waals surface area contributed by atoms with Crippen LogP contribution >= 0.6 is 11.6 Å². The molecular weight excluding hydrogens is 316 g/mol. The van der Waals surface area contributed by atoms with Gasteiger partial charge in [0.2, 0.25) is 0 Å². The fourth-order valence-electron chi connectivity index (χ4n) is 2.13. The standard InChI is InChI=1S/C17H13ClN2O3/c18-12-5-3-11(4-6-12)15-8-7-14(17(22)20-15)16(21)19-10-13-2-1-9-23-13/h1-9H,10H2,(H,19,21)(H,20,22). The number of hydrogen-bond acceptors (Lipinski definition) is 3. The molecule has 0 aliphatic carbocycles. The molecule has 0 unspecified atom stereocenters. The quantitative estimate of drug-likeness (QED) is 0.772. The Bertz CT molecular complexity index is 868. The minimum absolute atomic E-state index is 0.0502. The van der Waals surface area contributed by atoms with Crippen LogP contribution in [0.25, 0.3) is 11.3 Å². The second-order valence-corrected chi connectivity index (χ2v) is 5.32. The molecule has 0 saturated heterocycles. The van der Waals surface area contributed by atoms with Crippen molar-refractivity contribution in [3.8, 4) is 11.3 Å². The summed E-state index contributed by atoms with van der Waals surface area (Å²) >= 11 is 5.84. The Morgan fingerprint density at radius 3 is 2.57 bits per heavy atom. The molecule has 1 amide bonds. The minimum Gasteiger partial charge on any atom is -0.467 e. The Morgan fingerprint density at radius 1 is 1.13 bits per heavy atom. The monoisotopic (exact) mass is 328 g/mol. The van der Waals surface area contributed by atoms with Crippen LogP contribution in [0.3, 0.4) is 0 Å². The summed E-state index contributed by atoms with van der Waals surface area (Å²) in [5, 5.41) is 3.25. The van der Waals surface area contributed by atoms with Gasteiger partial charge in [0, 0.05) is 10.7 Å². The number of pyridine rings is 1. The van der Waals surface area contributed by atoms with Crippen molar-refractivity contribution in [3.63, 3.8) is 0 Å². The van der Waals surface area contributed by atoms with E-state index in [1.165, 1.54) is 12.3 Å². The van der Waals surface area contributed by atoms with Crippen LogP contribution < -0.4 is 10.9 Å². The first kappa shape index (κ1) is 15.1. The molecule has 0 bridgehead atoms. The van der Waals surface area contributed by atoms with E-state index in [4.69, 9.17) is 16.0 Å². The summed E-state index contributed by atoms with van der Waals surface area (Å²) in [4.78, 5) is 26.9. The highest BCUT2D eigenvalue weighted by molar-refractivity contribution is 6.30. The van der Waals surface area contributed by atoms with Gasteiger partial charge in [-0.05, 0) is 42.0 Å². The molecule has 0 fully saturated rings. The largest absolute Gasteiger partial charge is 0.467 e. The Morgan fingerprint density at radius 2 is 1.91 bits per heavy atom. The molecule has 2 aromatic heterocycles. The van der Waals surface area contributed by atoms with Crippen LogP contribution in [-0.2, 0) is 6.54 Å². The van der Waals surface area contributed by atoms with Crippen LogP contribution in [-0.4, -0.2) is 10.9 Å². The molecule has 1 aromatic carbocycles. The SMILES string of the molecule is O=C(NCc1ccco1)c1ccc(-c2ccc(Cl)cc2)[nH]c1=O. The molecule has 0 radical (unpaired) electrons. The van der Waals surface area contributed by atoms with Gasteiger partial charge in [-0.25, -0.2) is 0 Å². The van der Waals surface area contributed by atoms with Crippen molar-refractivity contribution in [2.24, 2.45) is 0 Å². The summed E-state index contributed by atoms with van der Waals surface area (Å²) in [6.45, 7) is 0.226. The van der Waals surface area contributed by atoms with Crippen LogP contribution in [0.15, 0.2) is 64.0 Å². The molecule has 2 N–H and O–H groups in total. The Kier molecular flexibility index (Phi) is 4.30. The van der Waals surface area contributed by atoms with E-state index in [0.29, 0.717) is 16.5 Å². The van der Waals surface area contributed by atoms with Gasteiger partial charge < -0.3 is 14.7 Å². The molecular formula is C17H13ClN2O3. The molecule has 3 rings (SSSR count). The lowest BCUT2D eigenvalue weighted by Gasteiger charge is -2.05. The first-order valence-electron chi connectivity index (χ1n) is 6.93. The van der Waals surface area contributed by atoms with Crippen molar-refractivity contribution >= 4 is 17.5 Å². The Labute approximate surface area is 136 Å². The van der Waals surface area contributed by atoms with Crippen LogP contribution in [0.4, 0.5) is 0 Å². The smallest absolute Gasteiger partial charge is 0.261 e. The van der Waals surface area contributed by atoms with E-state index in [1.807, 2.05) is 0 Å². The average Bonchev–Trinajstić information content (AvgIpc) is 3.06. The summed E-state index contributed by atoms with van der Waals surface area (Å²) in [6.07, 6.45) is 1.52. The molecule has 6 heteroatoms. The maximum atomic E-state index is 12.1. The predicted octanol–water partition coefficient (Wildman–Crippen LogP) is 3.22. The zero-order valence-electron chi connectivity index (χ0n) is 12.0. The van der Waals surface area contributed by atoms with Gasteiger partial charge in [-0.2, -0.15) is 0 Å². The van der Waals surface area contributed by atoms with Gasteiger partial charge in [0.05, 0.1) is 12.8 Å². The number of rotatable bonds is 4. The third kappa shape index (κ3) is 3.52. The summed E-state index contributed by atoms with van der Waals surface area (Å²) < 4.78 is 5.13. The highest BCUT2D eigenvalue weighted by Gasteiger charge is 2.11. The van der Waals surface area contributed by atoms with E-state index in [9.17, 15) is 9.59 Å². The fourth-order valence-corrected chi connectivity index (χ4v) is 2.25. The number of aromatic nitrogens is 1. The normalized spacial score (nSPS) is 10.5. The lowest BCUT2D eigenvalue weighted by atomic mass is 10.1. The molecule has 5 nitrogen and oxygen atoms in total. The van der Waals surface area contributed by atoms with Crippen molar-refractivity contribution in [2.75, 3.05) is 0 Å². The zero-order valence-corrected chi connectivity index (χ0v) is 12.8. The zero-order chi connectivity index (χ0) is 16.2. The fraction of sp³-hybridized carbons (Fsp3) is 0.0588. The summed E-state index contributed by atoms with van der Waals surface area (Å²) in [5.41, 5.74) is 1.03. The highest BCUT2D eigenvalue weighted by atomic mass is 35.5. The van der Waals surface area contributed by atoms with Crippen molar-refractivity contribution in [2.45, 2.75) is 6.54 Å².